The molecule has 0 saturated carbocycles. The van der Waals surface area contributed by atoms with Crippen LogP contribution in [0, 0.1) is 13.8 Å². The van der Waals surface area contributed by atoms with Gasteiger partial charge in [0, 0.05) is 4.47 Å². The molecule has 5 heteroatoms. The Hall–Kier alpha value is -2.27. The van der Waals surface area contributed by atoms with Crippen LogP contribution in [-0.4, -0.2) is 15.9 Å². The highest BCUT2D eigenvalue weighted by Gasteiger charge is 2.10. The summed E-state index contributed by atoms with van der Waals surface area (Å²) in [7, 11) is 0. The van der Waals surface area contributed by atoms with Crippen LogP contribution < -0.4 is 0 Å². The first-order valence-corrected chi connectivity index (χ1v) is 7.99. The summed E-state index contributed by atoms with van der Waals surface area (Å²) in [4.78, 5) is 21.1. The Balaban J connectivity index is 1.79. The Morgan fingerprint density at radius 3 is 2.52 bits per heavy atom. The van der Waals surface area contributed by atoms with E-state index in [4.69, 9.17) is 4.74 Å². The third kappa shape index (κ3) is 3.56. The Labute approximate surface area is 142 Å². The van der Waals surface area contributed by atoms with Crippen molar-refractivity contribution in [3.8, 4) is 0 Å². The van der Waals surface area contributed by atoms with Gasteiger partial charge in [0.1, 0.15) is 6.61 Å². The number of aromatic nitrogens is 2. The number of rotatable bonds is 3. The van der Waals surface area contributed by atoms with E-state index in [1.807, 2.05) is 38.1 Å². The number of nitrogens with zero attached hydrogens (tertiary/aromatic N) is 2. The van der Waals surface area contributed by atoms with Crippen LogP contribution in [0.15, 0.2) is 46.9 Å². The number of carbonyl (C=O) groups excluding carboxylic acids is 1. The summed E-state index contributed by atoms with van der Waals surface area (Å²) in [6, 6.07) is 12.9. The topological polar surface area (TPSA) is 52.1 Å². The molecule has 0 aliphatic rings. The number of carbonyl (C=O) groups is 1. The summed E-state index contributed by atoms with van der Waals surface area (Å²) in [6.45, 7) is 4.05. The maximum Gasteiger partial charge on any atom is 0.338 e. The molecule has 0 amide bonds. The molecule has 3 aromatic rings. The molecular weight excluding hydrogens is 356 g/mol. The van der Waals surface area contributed by atoms with E-state index in [2.05, 4.69) is 25.9 Å². The standard InChI is InChI=1S/C18H15BrN2O2/c1-11-12(2)21-17-9-14(6-7-16(17)20-11)18(22)23-10-13-4-3-5-15(19)8-13/h3-9H,10H2,1-2H3. The summed E-state index contributed by atoms with van der Waals surface area (Å²) in [5.74, 6) is -0.369. The van der Waals surface area contributed by atoms with Crippen LogP contribution in [0.4, 0.5) is 0 Å². The number of fused-ring (bicyclic) bond motifs is 1. The van der Waals surface area contributed by atoms with Gasteiger partial charge in [-0.3, -0.25) is 0 Å². The molecular formula is C18H15BrN2O2. The van der Waals surface area contributed by atoms with Crippen LogP contribution in [0.1, 0.15) is 27.3 Å². The lowest BCUT2D eigenvalue weighted by molar-refractivity contribution is 0.0473. The Bertz CT molecular complexity index is 893. The highest BCUT2D eigenvalue weighted by Crippen LogP contribution is 2.17. The van der Waals surface area contributed by atoms with E-state index in [1.54, 1.807) is 18.2 Å². The molecule has 1 heterocycles. The van der Waals surface area contributed by atoms with E-state index in [9.17, 15) is 4.79 Å². The van der Waals surface area contributed by atoms with Gasteiger partial charge in [-0.2, -0.15) is 0 Å². The number of ether oxygens (including phenoxy) is 1. The van der Waals surface area contributed by atoms with Crippen molar-refractivity contribution >= 4 is 32.9 Å². The number of hydrogen-bond donors (Lipinski definition) is 0. The zero-order chi connectivity index (χ0) is 16.4. The molecule has 3 rings (SSSR count). The molecule has 0 spiro atoms. The normalized spacial score (nSPS) is 10.7. The van der Waals surface area contributed by atoms with Crippen molar-refractivity contribution in [3.63, 3.8) is 0 Å². The van der Waals surface area contributed by atoms with Gasteiger partial charge in [0.2, 0.25) is 0 Å². The van der Waals surface area contributed by atoms with Crippen LogP contribution in [-0.2, 0) is 11.3 Å². The number of hydrogen-bond acceptors (Lipinski definition) is 4. The SMILES string of the molecule is Cc1nc2ccc(C(=O)OCc3cccc(Br)c3)cc2nc1C. The largest absolute Gasteiger partial charge is 0.457 e. The highest BCUT2D eigenvalue weighted by molar-refractivity contribution is 9.10. The zero-order valence-corrected chi connectivity index (χ0v) is 14.4. The second kappa shape index (κ2) is 6.46. The van der Waals surface area contributed by atoms with Crippen molar-refractivity contribution in [3.05, 3.63) is 69.5 Å². The summed E-state index contributed by atoms with van der Waals surface area (Å²) in [5, 5.41) is 0. The van der Waals surface area contributed by atoms with Crippen molar-refractivity contribution < 1.29 is 9.53 Å². The number of halogens is 1. The van der Waals surface area contributed by atoms with Gasteiger partial charge in [-0.05, 0) is 49.7 Å². The van der Waals surface area contributed by atoms with Crippen molar-refractivity contribution in [1.82, 2.24) is 9.97 Å². The van der Waals surface area contributed by atoms with Crippen molar-refractivity contribution in [2.45, 2.75) is 20.5 Å². The predicted molar refractivity (Wildman–Crippen MR) is 92.3 cm³/mol. The molecule has 0 aliphatic heterocycles. The van der Waals surface area contributed by atoms with E-state index < -0.39 is 0 Å². The maximum atomic E-state index is 12.2. The van der Waals surface area contributed by atoms with Gasteiger partial charge in [-0.15, -0.1) is 0 Å². The molecule has 0 saturated heterocycles. The van der Waals surface area contributed by atoms with E-state index in [1.165, 1.54) is 0 Å². The lowest BCUT2D eigenvalue weighted by atomic mass is 10.2. The van der Waals surface area contributed by atoms with Crippen LogP contribution in [0.25, 0.3) is 11.0 Å². The smallest absolute Gasteiger partial charge is 0.338 e. The number of benzene rings is 2. The first kappa shape index (κ1) is 15.6. The van der Waals surface area contributed by atoms with Crippen molar-refractivity contribution in [1.29, 1.82) is 0 Å². The average Bonchev–Trinajstić information content (AvgIpc) is 2.53. The molecule has 4 nitrogen and oxygen atoms in total. The van der Waals surface area contributed by atoms with Crippen LogP contribution in [0.5, 0.6) is 0 Å². The third-order valence-electron chi connectivity index (χ3n) is 3.57. The second-order valence-electron chi connectivity index (χ2n) is 5.30. The molecule has 0 radical (unpaired) electrons. The van der Waals surface area contributed by atoms with Gasteiger partial charge < -0.3 is 4.74 Å². The minimum Gasteiger partial charge on any atom is -0.457 e. The van der Waals surface area contributed by atoms with E-state index in [-0.39, 0.29) is 12.6 Å². The van der Waals surface area contributed by atoms with E-state index in [0.29, 0.717) is 11.1 Å². The zero-order valence-electron chi connectivity index (χ0n) is 12.8. The van der Waals surface area contributed by atoms with Gasteiger partial charge in [-0.1, -0.05) is 28.1 Å². The van der Waals surface area contributed by atoms with E-state index in [0.717, 1.165) is 26.9 Å². The van der Waals surface area contributed by atoms with Gasteiger partial charge in [0.25, 0.3) is 0 Å². The van der Waals surface area contributed by atoms with Crippen molar-refractivity contribution in [2.24, 2.45) is 0 Å². The van der Waals surface area contributed by atoms with E-state index >= 15 is 0 Å². The second-order valence-corrected chi connectivity index (χ2v) is 6.22. The average molecular weight is 371 g/mol. The molecule has 0 unspecified atom stereocenters. The monoisotopic (exact) mass is 370 g/mol. The van der Waals surface area contributed by atoms with Gasteiger partial charge in [0.15, 0.2) is 0 Å². The number of aryl methyl sites for hydroxylation is 2. The van der Waals surface area contributed by atoms with Gasteiger partial charge in [-0.25, -0.2) is 14.8 Å². The number of esters is 1. The molecule has 0 bridgehead atoms. The lowest BCUT2D eigenvalue weighted by Gasteiger charge is -2.07. The molecule has 0 N–H and O–H groups in total. The minimum absolute atomic E-state index is 0.231. The summed E-state index contributed by atoms with van der Waals surface area (Å²) >= 11 is 3.40. The Morgan fingerprint density at radius 2 is 1.78 bits per heavy atom. The molecule has 0 fully saturated rings. The summed E-state index contributed by atoms with van der Waals surface area (Å²) in [5.41, 5.74) is 4.63. The van der Waals surface area contributed by atoms with Gasteiger partial charge in [0.05, 0.1) is 28.0 Å². The molecule has 23 heavy (non-hydrogen) atoms. The molecule has 1 aromatic heterocycles. The molecule has 0 aliphatic carbocycles. The fourth-order valence-electron chi connectivity index (χ4n) is 2.22. The lowest BCUT2D eigenvalue weighted by Crippen LogP contribution is -2.06. The van der Waals surface area contributed by atoms with Crippen LogP contribution in [0.2, 0.25) is 0 Å². The highest BCUT2D eigenvalue weighted by atomic mass is 79.9. The van der Waals surface area contributed by atoms with Crippen LogP contribution >= 0.6 is 15.9 Å². The quantitative estimate of drug-likeness (QED) is 0.642. The predicted octanol–water partition coefficient (Wildman–Crippen LogP) is 4.37. The third-order valence-corrected chi connectivity index (χ3v) is 4.06. The molecule has 0 atom stereocenters. The van der Waals surface area contributed by atoms with Crippen molar-refractivity contribution in [2.75, 3.05) is 0 Å². The maximum absolute atomic E-state index is 12.2. The Morgan fingerprint density at radius 1 is 1.04 bits per heavy atom. The van der Waals surface area contributed by atoms with Crippen LogP contribution in [0.3, 0.4) is 0 Å². The first-order valence-electron chi connectivity index (χ1n) is 7.19. The summed E-state index contributed by atoms with van der Waals surface area (Å²) in [6.07, 6.45) is 0. The molecule has 116 valence electrons. The van der Waals surface area contributed by atoms with Gasteiger partial charge >= 0.3 is 5.97 Å². The Kier molecular flexibility index (Phi) is 4.39. The molecule has 2 aromatic carbocycles. The minimum atomic E-state index is -0.369. The summed E-state index contributed by atoms with van der Waals surface area (Å²) < 4.78 is 6.32. The first-order chi connectivity index (χ1) is 11.0. The fraction of sp³-hybridized carbons (Fsp3) is 0.167. The fourth-order valence-corrected chi connectivity index (χ4v) is 2.66.